The summed E-state index contributed by atoms with van der Waals surface area (Å²) in [7, 11) is 0. The van der Waals surface area contributed by atoms with Gasteiger partial charge in [0.25, 0.3) is 5.78 Å². The van der Waals surface area contributed by atoms with E-state index in [1.165, 1.54) is 10.8 Å². The molecule has 7 nitrogen and oxygen atoms in total. The summed E-state index contributed by atoms with van der Waals surface area (Å²) in [5, 5.41) is 16.0. The van der Waals surface area contributed by atoms with Crippen LogP contribution in [0.3, 0.4) is 0 Å². The third-order valence-corrected chi connectivity index (χ3v) is 2.40. The molecule has 0 aliphatic carbocycles. The molecule has 18 heavy (non-hydrogen) atoms. The molecule has 0 radical (unpaired) electrons. The third-order valence-electron chi connectivity index (χ3n) is 2.40. The first-order valence-electron chi connectivity index (χ1n) is 5.39. The third kappa shape index (κ3) is 2.29. The van der Waals surface area contributed by atoms with E-state index in [0.717, 1.165) is 5.69 Å². The maximum absolute atomic E-state index is 11.1. The highest BCUT2D eigenvalue weighted by atomic mass is 16.4. The number of aryl methyl sites for hydroxylation is 1. The maximum Gasteiger partial charge on any atom is 0.326 e. The van der Waals surface area contributed by atoms with Gasteiger partial charge in [0.2, 0.25) is 0 Å². The number of carbonyl (C=O) groups is 1. The van der Waals surface area contributed by atoms with Crippen molar-refractivity contribution in [2.75, 3.05) is 5.32 Å². The number of anilines is 1. The Labute approximate surface area is 103 Å². The number of hydrogen-bond donors (Lipinski definition) is 2. The van der Waals surface area contributed by atoms with Gasteiger partial charge in [-0.2, -0.15) is 14.6 Å². The Kier molecular flexibility index (Phi) is 3.22. The molecule has 94 valence electrons. The van der Waals surface area contributed by atoms with E-state index in [4.69, 9.17) is 5.11 Å². The normalized spacial score (nSPS) is 12.3. The highest BCUT2D eigenvalue weighted by Gasteiger charge is 2.17. The Balaban J connectivity index is 2.37. The van der Waals surface area contributed by atoms with Crippen LogP contribution in [0, 0.1) is 6.92 Å². The summed E-state index contributed by atoms with van der Waals surface area (Å²) in [6.45, 7) is 5.35. The van der Waals surface area contributed by atoms with E-state index < -0.39 is 12.0 Å². The van der Waals surface area contributed by atoms with E-state index >= 15 is 0 Å². The molecule has 2 aromatic rings. The summed E-state index contributed by atoms with van der Waals surface area (Å²) in [5.74, 6) is 0.0297. The second kappa shape index (κ2) is 4.82. The van der Waals surface area contributed by atoms with E-state index in [9.17, 15) is 4.79 Å². The Morgan fingerprint density at radius 1 is 1.72 bits per heavy atom. The zero-order valence-electron chi connectivity index (χ0n) is 9.87. The van der Waals surface area contributed by atoms with Crippen LogP contribution in [0.4, 0.5) is 5.82 Å². The van der Waals surface area contributed by atoms with Gasteiger partial charge in [0.05, 0.1) is 0 Å². The lowest BCUT2D eigenvalue weighted by Crippen LogP contribution is -2.29. The van der Waals surface area contributed by atoms with Crippen molar-refractivity contribution < 1.29 is 9.90 Å². The fraction of sp³-hybridized carbons (Fsp3) is 0.273. The molecule has 0 amide bonds. The van der Waals surface area contributed by atoms with Crippen LogP contribution in [-0.4, -0.2) is 36.7 Å². The van der Waals surface area contributed by atoms with Crippen molar-refractivity contribution in [3.05, 3.63) is 30.7 Å². The van der Waals surface area contributed by atoms with Gasteiger partial charge < -0.3 is 10.4 Å². The standard InChI is InChI=1S/C11H13N5O2/c1-3-4-8(10(17)18)15-9-5-7(2)14-11-12-6-13-16(9)11/h3,5-6,8,15H,1,4H2,2H3,(H,17,18). The van der Waals surface area contributed by atoms with Crippen LogP contribution in [0.5, 0.6) is 0 Å². The van der Waals surface area contributed by atoms with Gasteiger partial charge in [-0.1, -0.05) is 6.08 Å². The van der Waals surface area contributed by atoms with Gasteiger partial charge in [-0.3, -0.25) is 0 Å². The van der Waals surface area contributed by atoms with Crippen LogP contribution in [-0.2, 0) is 4.79 Å². The molecule has 2 heterocycles. The van der Waals surface area contributed by atoms with E-state index in [2.05, 4.69) is 27.0 Å². The summed E-state index contributed by atoms with van der Waals surface area (Å²) in [6, 6.07) is 0.970. The smallest absolute Gasteiger partial charge is 0.326 e. The monoisotopic (exact) mass is 247 g/mol. The van der Waals surface area contributed by atoms with Crippen molar-refractivity contribution in [3.8, 4) is 0 Å². The second-order valence-electron chi connectivity index (χ2n) is 3.81. The minimum absolute atomic E-state index is 0.312. The van der Waals surface area contributed by atoms with Gasteiger partial charge in [-0.25, -0.2) is 9.78 Å². The van der Waals surface area contributed by atoms with Gasteiger partial charge in [0.15, 0.2) is 0 Å². The second-order valence-corrected chi connectivity index (χ2v) is 3.81. The molecule has 0 aliphatic rings. The average molecular weight is 247 g/mol. The molecule has 0 bridgehead atoms. The molecule has 0 aliphatic heterocycles. The molecular formula is C11H13N5O2. The molecular weight excluding hydrogens is 234 g/mol. The first kappa shape index (κ1) is 12.0. The number of carboxylic acid groups (broad SMARTS) is 1. The van der Waals surface area contributed by atoms with Crippen LogP contribution in [0.2, 0.25) is 0 Å². The summed E-state index contributed by atoms with van der Waals surface area (Å²) >= 11 is 0. The van der Waals surface area contributed by atoms with E-state index in [0.29, 0.717) is 18.0 Å². The topological polar surface area (TPSA) is 92.4 Å². The van der Waals surface area contributed by atoms with Crippen molar-refractivity contribution in [1.82, 2.24) is 19.6 Å². The van der Waals surface area contributed by atoms with Crippen molar-refractivity contribution >= 4 is 17.6 Å². The summed E-state index contributed by atoms with van der Waals surface area (Å²) in [6.07, 6.45) is 3.24. The molecule has 0 aromatic carbocycles. The van der Waals surface area contributed by atoms with Crippen molar-refractivity contribution in [2.24, 2.45) is 0 Å². The zero-order valence-corrected chi connectivity index (χ0v) is 9.87. The molecule has 1 atom stereocenters. The van der Waals surface area contributed by atoms with Crippen LogP contribution < -0.4 is 5.32 Å². The summed E-state index contributed by atoms with van der Waals surface area (Å²) in [5.41, 5.74) is 0.737. The maximum atomic E-state index is 11.1. The molecule has 1 unspecified atom stereocenters. The quantitative estimate of drug-likeness (QED) is 0.762. The van der Waals surface area contributed by atoms with Gasteiger partial charge in [-0.05, 0) is 13.3 Å². The van der Waals surface area contributed by atoms with Crippen molar-refractivity contribution in [2.45, 2.75) is 19.4 Å². The number of carboxylic acids is 1. The van der Waals surface area contributed by atoms with E-state index in [1.54, 1.807) is 12.1 Å². The number of nitrogens with zero attached hydrogens (tertiary/aromatic N) is 4. The van der Waals surface area contributed by atoms with Crippen molar-refractivity contribution in [1.29, 1.82) is 0 Å². The molecule has 0 saturated heterocycles. The van der Waals surface area contributed by atoms with Gasteiger partial charge in [0.1, 0.15) is 18.2 Å². The number of fused-ring (bicyclic) bond motifs is 1. The minimum atomic E-state index is -0.947. The van der Waals surface area contributed by atoms with E-state index in [-0.39, 0.29) is 0 Å². The first-order valence-corrected chi connectivity index (χ1v) is 5.39. The van der Waals surface area contributed by atoms with Crippen LogP contribution in [0.1, 0.15) is 12.1 Å². The number of nitrogens with one attached hydrogen (secondary N) is 1. The van der Waals surface area contributed by atoms with Crippen molar-refractivity contribution in [3.63, 3.8) is 0 Å². The number of hydrogen-bond acceptors (Lipinski definition) is 5. The Bertz CT molecular complexity index is 592. The SMILES string of the molecule is C=CCC(Nc1cc(C)nc2ncnn12)C(=O)O. The van der Waals surface area contributed by atoms with E-state index in [1.807, 2.05) is 6.92 Å². The molecule has 2 rings (SSSR count). The number of rotatable bonds is 5. The van der Waals surface area contributed by atoms with Crippen LogP contribution >= 0.6 is 0 Å². The molecule has 0 saturated carbocycles. The first-order chi connectivity index (χ1) is 8.61. The fourth-order valence-corrected chi connectivity index (χ4v) is 1.60. The molecule has 2 aromatic heterocycles. The molecule has 0 spiro atoms. The lowest BCUT2D eigenvalue weighted by Gasteiger charge is -2.14. The molecule has 2 N–H and O–H groups in total. The lowest BCUT2D eigenvalue weighted by molar-refractivity contribution is -0.137. The van der Waals surface area contributed by atoms with Crippen LogP contribution in [0.15, 0.2) is 25.0 Å². The fourth-order valence-electron chi connectivity index (χ4n) is 1.60. The predicted molar refractivity (Wildman–Crippen MR) is 65.4 cm³/mol. The minimum Gasteiger partial charge on any atom is -0.480 e. The predicted octanol–water partition coefficient (Wildman–Crippen LogP) is 0.874. The molecule has 0 fully saturated rings. The summed E-state index contributed by atoms with van der Waals surface area (Å²) in [4.78, 5) is 19.2. The van der Waals surface area contributed by atoms with Gasteiger partial charge >= 0.3 is 5.97 Å². The Morgan fingerprint density at radius 2 is 2.50 bits per heavy atom. The Morgan fingerprint density at radius 3 is 3.17 bits per heavy atom. The van der Waals surface area contributed by atoms with Gasteiger partial charge in [0, 0.05) is 11.8 Å². The average Bonchev–Trinajstić information content (AvgIpc) is 2.76. The zero-order chi connectivity index (χ0) is 13.1. The number of aromatic nitrogens is 4. The lowest BCUT2D eigenvalue weighted by atomic mass is 10.2. The highest BCUT2D eigenvalue weighted by Crippen LogP contribution is 2.12. The summed E-state index contributed by atoms with van der Waals surface area (Å²) < 4.78 is 1.46. The highest BCUT2D eigenvalue weighted by molar-refractivity contribution is 5.77. The largest absolute Gasteiger partial charge is 0.480 e. The van der Waals surface area contributed by atoms with Crippen LogP contribution in [0.25, 0.3) is 5.78 Å². The molecule has 7 heteroatoms. The number of aliphatic carboxylic acids is 1. The Hall–Kier alpha value is -2.44. The van der Waals surface area contributed by atoms with Gasteiger partial charge in [-0.15, -0.1) is 6.58 Å².